The first-order chi connectivity index (χ1) is 11.6. The molecule has 0 aromatic heterocycles. The van der Waals surface area contributed by atoms with Crippen molar-refractivity contribution in [3.05, 3.63) is 82.9 Å². The summed E-state index contributed by atoms with van der Waals surface area (Å²) < 4.78 is 27.2. The lowest BCUT2D eigenvalue weighted by Crippen LogP contribution is -1.87. The Morgan fingerprint density at radius 2 is 1.12 bits per heavy atom. The molecular weight excluding hydrogens is 326 g/mol. The monoisotopic (exact) mass is 342 g/mol. The van der Waals surface area contributed by atoms with Crippen LogP contribution < -0.4 is 0 Å². The van der Waals surface area contributed by atoms with E-state index in [0.29, 0.717) is 5.56 Å². The Bertz CT molecular complexity index is 814. The van der Waals surface area contributed by atoms with Crippen molar-refractivity contribution in [2.45, 2.75) is 19.8 Å². The van der Waals surface area contributed by atoms with Gasteiger partial charge >= 0.3 is 0 Å². The lowest BCUT2D eigenvalue weighted by atomic mass is 9.99. The van der Waals surface area contributed by atoms with E-state index in [1.807, 2.05) is 24.3 Å². The molecule has 0 aliphatic heterocycles. The maximum Gasteiger partial charge on any atom is 0.145 e. The van der Waals surface area contributed by atoms with Crippen molar-refractivity contribution in [3.8, 4) is 22.3 Å². The highest BCUT2D eigenvalue weighted by Gasteiger charge is 2.10. The molecule has 0 N–H and O–H groups in total. The molecule has 3 aromatic rings. The molecular formula is C21H17ClF2. The fourth-order valence-corrected chi connectivity index (χ4v) is 2.84. The Hall–Kier alpha value is -2.19. The van der Waals surface area contributed by atoms with Gasteiger partial charge in [0, 0.05) is 0 Å². The van der Waals surface area contributed by atoms with E-state index in [1.165, 1.54) is 17.7 Å². The van der Waals surface area contributed by atoms with Crippen LogP contribution in [0.1, 0.15) is 18.9 Å². The van der Waals surface area contributed by atoms with Crippen LogP contribution in [0.5, 0.6) is 0 Å². The molecule has 3 heteroatoms. The van der Waals surface area contributed by atoms with Gasteiger partial charge in [-0.2, -0.15) is 0 Å². The van der Waals surface area contributed by atoms with E-state index in [4.69, 9.17) is 11.6 Å². The van der Waals surface area contributed by atoms with Crippen molar-refractivity contribution in [1.29, 1.82) is 0 Å². The maximum atomic E-state index is 13.6. The van der Waals surface area contributed by atoms with Gasteiger partial charge in [-0.1, -0.05) is 73.5 Å². The van der Waals surface area contributed by atoms with Crippen LogP contribution in [0.2, 0.25) is 5.02 Å². The SMILES string of the molecule is CCCc1ccc(-c2ccc(-c3cc(F)c(Cl)c(F)c3)cc2)cc1. The summed E-state index contributed by atoms with van der Waals surface area (Å²) in [5.74, 6) is -1.50. The van der Waals surface area contributed by atoms with Gasteiger partial charge in [0.05, 0.1) is 0 Å². The van der Waals surface area contributed by atoms with Gasteiger partial charge in [-0.3, -0.25) is 0 Å². The van der Waals surface area contributed by atoms with Crippen LogP contribution in [0.4, 0.5) is 8.78 Å². The summed E-state index contributed by atoms with van der Waals surface area (Å²) in [5, 5.41) is -0.470. The number of benzene rings is 3. The summed E-state index contributed by atoms with van der Waals surface area (Å²) in [5.41, 5.74) is 4.73. The second-order valence-corrected chi connectivity index (χ2v) is 6.16. The number of hydrogen-bond acceptors (Lipinski definition) is 0. The quantitative estimate of drug-likeness (QED) is 0.452. The Morgan fingerprint density at radius 1 is 0.708 bits per heavy atom. The van der Waals surface area contributed by atoms with E-state index >= 15 is 0 Å². The minimum atomic E-state index is -0.748. The molecule has 24 heavy (non-hydrogen) atoms. The van der Waals surface area contributed by atoms with Crippen LogP contribution in [0.25, 0.3) is 22.3 Å². The predicted molar refractivity (Wildman–Crippen MR) is 96.2 cm³/mol. The van der Waals surface area contributed by atoms with Crippen LogP contribution in [0, 0.1) is 11.6 Å². The Balaban J connectivity index is 1.88. The third-order valence-electron chi connectivity index (χ3n) is 4.03. The lowest BCUT2D eigenvalue weighted by Gasteiger charge is -2.07. The van der Waals surface area contributed by atoms with Gasteiger partial charge in [-0.05, 0) is 46.4 Å². The van der Waals surface area contributed by atoms with Crippen molar-refractivity contribution >= 4 is 11.6 Å². The van der Waals surface area contributed by atoms with Crippen LogP contribution in [0.15, 0.2) is 60.7 Å². The fourth-order valence-electron chi connectivity index (χ4n) is 2.73. The number of hydrogen-bond donors (Lipinski definition) is 0. The van der Waals surface area contributed by atoms with Gasteiger partial charge in [0.15, 0.2) is 0 Å². The van der Waals surface area contributed by atoms with Crippen molar-refractivity contribution in [2.75, 3.05) is 0 Å². The molecule has 0 heterocycles. The van der Waals surface area contributed by atoms with E-state index in [2.05, 4.69) is 31.2 Å². The van der Waals surface area contributed by atoms with Gasteiger partial charge in [0.25, 0.3) is 0 Å². The largest absolute Gasteiger partial charge is 0.205 e. The summed E-state index contributed by atoms with van der Waals surface area (Å²) in [6.45, 7) is 2.16. The Labute approximate surface area is 145 Å². The van der Waals surface area contributed by atoms with Crippen molar-refractivity contribution in [2.24, 2.45) is 0 Å². The van der Waals surface area contributed by atoms with Crippen molar-refractivity contribution < 1.29 is 8.78 Å². The zero-order valence-electron chi connectivity index (χ0n) is 13.3. The molecule has 0 fully saturated rings. The first kappa shape index (κ1) is 16.7. The second kappa shape index (κ2) is 7.14. The summed E-state index contributed by atoms with van der Waals surface area (Å²) >= 11 is 5.53. The Kier molecular flexibility index (Phi) is 4.96. The molecule has 0 aliphatic rings. The summed E-state index contributed by atoms with van der Waals surface area (Å²) in [7, 11) is 0. The van der Waals surface area contributed by atoms with E-state index in [0.717, 1.165) is 29.5 Å². The standard InChI is InChI=1S/C21H17ClF2/c1-2-3-14-4-6-15(7-5-14)16-8-10-17(11-9-16)18-12-19(23)21(22)20(24)13-18/h4-13H,2-3H2,1H3. The third-order valence-corrected chi connectivity index (χ3v) is 4.39. The normalized spacial score (nSPS) is 10.8. The number of aryl methyl sites for hydroxylation is 1. The van der Waals surface area contributed by atoms with Gasteiger partial charge in [0.1, 0.15) is 16.7 Å². The van der Waals surface area contributed by atoms with Gasteiger partial charge in [-0.15, -0.1) is 0 Å². The van der Waals surface area contributed by atoms with Gasteiger partial charge < -0.3 is 0 Å². The average Bonchev–Trinajstić information content (AvgIpc) is 2.60. The van der Waals surface area contributed by atoms with Crippen LogP contribution in [-0.4, -0.2) is 0 Å². The lowest BCUT2D eigenvalue weighted by molar-refractivity contribution is 0.585. The summed E-state index contributed by atoms with van der Waals surface area (Å²) in [4.78, 5) is 0. The van der Waals surface area contributed by atoms with Crippen LogP contribution >= 0.6 is 11.6 Å². The molecule has 0 aliphatic carbocycles. The van der Waals surface area contributed by atoms with E-state index in [9.17, 15) is 8.78 Å². The summed E-state index contributed by atoms with van der Waals surface area (Å²) in [6.07, 6.45) is 2.20. The van der Waals surface area contributed by atoms with Crippen molar-refractivity contribution in [1.82, 2.24) is 0 Å². The zero-order chi connectivity index (χ0) is 17.1. The molecule has 0 amide bonds. The maximum absolute atomic E-state index is 13.6. The molecule has 0 spiro atoms. The minimum Gasteiger partial charge on any atom is -0.205 e. The molecule has 0 radical (unpaired) electrons. The zero-order valence-corrected chi connectivity index (χ0v) is 14.1. The highest BCUT2D eigenvalue weighted by molar-refractivity contribution is 6.31. The van der Waals surface area contributed by atoms with Crippen LogP contribution in [0.3, 0.4) is 0 Å². The topological polar surface area (TPSA) is 0 Å². The summed E-state index contributed by atoms with van der Waals surface area (Å²) in [6, 6.07) is 18.6. The molecule has 122 valence electrons. The minimum absolute atomic E-state index is 0.470. The first-order valence-electron chi connectivity index (χ1n) is 7.93. The van der Waals surface area contributed by atoms with Gasteiger partial charge in [0.2, 0.25) is 0 Å². The molecule has 0 nitrogen and oxygen atoms in total. The van der Waals surface area contributed by atoms with E-state index in [1.54, 1.807) is 0 Å². The second-order valence-electron chi connectivity index (χ2n) is 5.78. The number of rotatable bonds is 4. The van der Waals surface area contributed by atoms with Gasteiger partial charge in [-0.25, -0.2) is 8.78 Å². The number of halogens is 3. The molecule has 0 unspecified atom stereocenters. The molecule has 0 saturated heterocycles. The molecule has 0 saturated carbocycles. The third kappa shape index (κ3) is 3.49. The van der Waals surface area contributed by atoms with Crippen LogP contribution in [-0.2, 0) is 6.42 Å². The van der Waals surface area contributed by atoms with E-state index < -0.39 is 16.7 Å². The predicted octanol–water partition coefficient (Wildman–Crippen LogP) is 6.90. The Morgan fingerprint density at radius 3 is 1.58 bits per heavy atom. The molecule has 0 bridgehead atoms. The van der Waals surface area contributed by atoms with Crippen molar-refractivity contribution in [3.63, 3.8) is 0 Å². The molecule has 0 atom stereocenters. The highest BCUT2D eigenvalue weighted by atomic mass is 35.5. The highest BCUT2D eigenvalue weighted by Crippen LogP contribution is 2.29. The average molecular weight is 343 g/mol. The fraction of sp³-hybridized carbons (Fsp3) is 0.143. The molecule has 3 rings (SSSR count). The molecule has 3 aromatic carbocycles. The van der Waals surface area contributed by atoms with E-state index in [-0.39, 0.29) is 0 Å². The first-order valence-corrected chi connectivity index (χ1v) is 8.30. The smallest absolute Gasteiger partial charge is 0.145 e.